The molecule has 11 nitrogen and oxygen atoms in total. The third-order valence-electron chi connectivity index (χ3n) is 13.1. The van der Waals surface area contributed by atoms with Crippen LogP contribution in [0.4, 0.5) is 25.0 Å². The monoisotopic (exact) mass is 932 g/mol. The summed E-state index contributed by atoms with van der Waals surface area (Å²) in [6.45, 7) is 0.550. The van der Waals surface area contributed by atoms with Crippen LogP contribution in [0.5, 0.6) is 23.0 Å². The van der Waals surface area contributed by atoms with Crippen LogP contribution in [0.2, 0.25) is 0 Å². The highest BCUT2D eigenvalue weighted by atomic mass is 19.1. The fourth-order valence-corrected chi connectivity index (χ4v) is 9.67. The highest BCUT2D eigenvalue weighted by Crippen LogP contribution is 2.43. The molecular formula is C56H54F2N4O7. The summed E-state index contributed by atoms with van der Waals surface area (Å²) in [5.74, 6) is -0.343. The first-order valence-corrected chi connectivity index (χ1v) is 23.3. The van der Waals surface area contributed by atoms with Crippen molar-refractivity contribution in [2.24, 2.45) is 0 Å². The Labute approximate surface area is 399 Å². The van der Waals surface area contributed by atoms with Crippen molar-refractivity contribution >= 4 is 17.4 Å². The molecule has 3 unspecified atom stereocenters. The Kier molecular flexibility index (Phi) is 14.4. The van der Waals surface area contributed by atoms with Crippen LogP contribution in [-0.4, -0.2) is 45.2 Å². The molecule has 0 spiro atoms. The Morgan fingerprint density at radius 1 is 0.609 bits per heavy atom. The molecule has 2 saturated heterocycles. The Morgan fingerprint density at radius 2 is 1.22 bits per heavy atom. The molecule has 2 amide bonds. The molecule has 354 valence electrons. The maximum absolute atomic E-state index is 14.1. The van der Waals surface area contributed by atoms with Crippen molar-refractivity contribution in [1.82, 2.24) is 10.6 Å². The summed E-state index contributed by atoms with van der Waals surface area (Å²) in [6.07, 6.45) is 1.98. The first-order valence-electron chi connectivity index (χ1n) is 23.3. The molecule has 69 heavy (non-hydrogen) atoms. The number of urea groups is 1. The van der Waals surface area contributed by atoms with Crippen molar-refractivity contribution in [1.29, 1.82) is 0 Å². The van der Waals surface area contributed by atoms with Crippen LogP contribution in [0.25, 0.3) is 11.1 Å². The number of benzene rings is 7. The summed E-state index contributed by atoms with van der Waals surface area (Å²) in [6, 6.07) is 46.9. The van der Waals surface area contributed by atoms with Crippen molar-refractivity contribution in [2.45, 2.75) is 74.9 Å². The molecule has 2 fully saturated rings. The van der Waals surface area contributed by atoms with Gasteiger partial charge in [0.05, 0.1) is 30.9 Å². The lowest BCUT2D eigenvalue weighted by atomic mass is 9.92. The quantitative estimate of drug-likeness (QED) is 0.0366. The molecule has 6 N–H and O–H groups in total. The molecule has 7 aromatic rings. The molecule has 0 bridgehead atoms. The maximum Gasteiger partial charge on any atom is 0.322 e. The number of para-hydroxylation sites is 2. The van der Waals surface area contributed by atoms with E-state index in [-0.39, 0.29) is 47.0 Å². The first kappa shape index (κ1) is 46.7. The zero-order valence-electron chi connectivity index (χ0n) is 37.7. The minimum Gasteiger partial charge on any atom is -0.508 e. The molecule has 0 aromatic heterocycles. The van der Waals surface area contributed by atoms with E-state index in [1.807, 2.05) is 84.9 Å². The third kappa shape index (κ3) is 10.8. The van der Waals surface area contributed by atoms with E-state index in [1.54, 1.807) is 59.5 Å². The number of carbonyl (C=O) groups excluding carboxylic acids is 1. The molecule has 2 aliphatic heterocycles. The summed E-state index contributed by atoms with van der Waals surface area (Å²) in [4.78, 5) is 29.7. The maximum atomic E-state index is 14.1. The van der Waals surface area contributed by atoms with E-state index in [0.717, 1.165) is 16.8 Å². The SMILES string of the molecule is O=C1NC(CCCC(O)c2ccc(F)cc2)C(c2ccc(-c3cccc(OO[C@H](CCC[C@H]4NCN(c5ccccc5)[C@@H]4c4ccc(O)cc4O)c4ccc(F)cc4)c3)cc2O)N1c1ccccc1. The van der Waals surface area contributed by atoms with Gasteiger partial charge in [-0.25, -0.2) is 13.6 Å². The fourth-order valence-electron chi connectivity index (χ4n) is 9.67. The molecule has 0 saturated carbocycles. The molecule has 6 atom stereocenters. The lowest BCUT2D eigenvalue weighted by molar-refractivity contribution is -0.250. The molecule has 2 heterocycles. The van der Waals surface area contributed by atoms with Gasteiger partial charge in [0.2, 0.25) is 0 Å². The number of nitrogens with zero attached hydrogens (tertiary/aromatic N) is 2. The first-order chi connectivity index (χ1) is 33.6. The van der Waals surface area contributed by atoms with Crippen molar-refractivity contribution < 1.29 is 43.8 Å². The molecule has 13 heteroatoms. The standard InChI is InChI=1S/C56H54F2N4O7/c57-40-25-20-36(21-26-40)50(64)18-8-17-49-55(62(56(67)60-49)43-13-5-2-6-14-43)47-30-24-39(33-51(47)65)38-10-7-15-45(32-38)68-69-53(37-22-27-41(58)28-23-37)19-9-16-48-54(46-31-29-44(63)34-52(46)66)61(35-59-48)42-11-3-1-4-12-42/h1-7,10-15,20-34,48-50,53-55,59,63-66H,8-9,16-19,35H2,(H,60,67)/t48-,49?,50?,53-,54-,55?/m1/s1. The number of rotatable bonds is 18. The average molecular weight is 933 g/mol. The van der Waals surface area contributed by atoms with Gasteiger partial charge in [0.25, 0.3) is 0 Å². The number of aliphatic hydroxyl groups is 1. The van der Waals surface area contributed by atoms with Gasteiger partial charge < -0.3 is 35.5 Å². The molecule has 0 radical (unpaired) electrons. The second-order valence-corrected chi connectivity index (χ2v) is 17.6. The molecule has 9 rings (SSSR count). The summed E-state index contributed by atoms with van der Waals surface area (Å²) >= 11 is 0. The average Bonchev–Trinajstić information content (AvgIpc) is 3.93. The number of nitrogens with one attached hydrogen (secondary N) is 2. The van der Waals surface area contributed by atoms with Gasteiger partial charge in [-0.2, -0.15) is 4.89 Å². The third-order valence-corrected chi connectivity index (χ3v) is 13.1. The van der Waals surface area contributed by atoms with Gasteiger partial charge in [0, 0.05) is 34.6 Å². The van der Waals surface area contributed by atoms with E-state index in [9.17, 15) is 34.0 Å². The Morgan fingerprint density at radius 3 is 1.91 bits per heavy atom. The van der Waals surface area contributed by atoms with Crippen LogP contribution in [0.3, 0.4) is 0 Å². The van der Waals surface area contributed by atoms with Crippen molar-refractivity contribution in [2.75, 3.05) is 16.5 Å². The zero-order chi connectivity index (χ0) is 47.9. The number of hydrogen-bond donors (Lipinski definition) is 6. The highest BCUT2D eigenvalue weighted by Gasteiger charge is 2.42. The van der Waals surface area contributed by atoms with E-state index >= 15 is 0 Å². The minimum absolute atomic E-state index is 0.00303. The number of aliphatic hydroxyl groups excluding tert-OH is 1. The van der Waals surface area contributed by atoms with Crippen LogP contribution in [0, 0.1) is 11.6 Å². The number of anilines is 2. The Hall–Kier alpha value is -7.45. The van der Waals surface area contributed by atoms with E-state index in [1.165, 1.54) is 30.3 Å². The summed E-state index contributed by atoms with van der Waals surface area (Å²) < 4.78 is 27.7. The van der Waals surface area contributed by atoms with E-state index in [4.69, 9.17) is 9.78 Å². The number of amides is 2. The summed E-state index contributed by atoms with van der Waals surface area (Å²) in [7, 11) is 0. The molecule has 0 aliphatic carbocycles. The fraction of sp³-hybridized carbons (Fsp3) is 0.232. The number of aromatic hydroxyl groups is 3. The lowest BCUT2D eigenvalue weighted by Gasteiger charge is -2.30. The van der Waals surface area contributed by atoms with E-state index in [0.29, 0.717) is 78.9 Å². The van der Waals surface area contributed by atoms with Gasteiger partial charge in [-0.15, -0.1) is 0 Å². The van der Waals surface area contributed by atoms with Gasteiger partial charge in [-0.1, -0.05) is 84.9 Å². The number of halogens is 2. The minimum atomic E-state index is -0.798. The van der Waals surface area contributed by atoms with Crippen LogP contribution in [0.1, 0.15) is 85.1 Å². The number of hydrogen-bond acceptors (Lipinski definition) is 9. The van der Waals surface area contributed by atoms with Gasteiger partial charge in [-0.3, -0.25) is 10.2 Å². The van der Waals surface area contributed by atoms with Crippen LogP contribution in [-0.2, 0) is 4.89 Å². The normalized spacial score (nSPS) is 18.8. The number of phenolic OH excluding ortho intramolecular Hbond substituents is 3. The van der Waals surface area contributed by atoms with Crippen LogP contribution >= 0.6 is 0 Å². The van der Waals surface area contributed by atoms with Crippen LogP contribution < -0.4 is 25.3 Å². The Bertz CT molecular complexity index is 2820. The van der Waals surface area contributed by atoms with E-state index < -0.39 is 24.3 Å². The van der Waals surface area contributed by atoms with Crippen LogP contribution in [0.15, 0.2) is 170 Å². The zero-order valence-corrected chi connectivity index (χ0v) is 37.7. The summed E-state index contributed by atoms with van der Waals surface area (Å²) in [5, 5.41) is 50.4. The van der Waals surface area contributed by atoms with Crippen molar-refractivity contribution in [3.8, 4) is 34.1 Å². The van der Waals surface area contributed by atoms with Gasteiger partial charge in [0.1, 0.15) is 35.0 Å². The van der Waals surface area contributed by atoms with Gasteiger partial charge in [0.15, 0.2) is 5.75 Å². The van der Waals surface area contributed by atoms with E-state index in [2.05, 4.69) is 15.5 Å². The van der Waals surface area contributed by atoms with Crippen molar-refractivity contribution in [3.63, 3.8) is 0 Å². The number of phenols is 3. The molecule has 2 aliphatic rings. The second kappa shape index (κ2) is 21.2. The predicted molar refractivity (Wildman–Crippen MR) is 261 cm³/mol. The second-order valence-electron chi connectivity index (χ2n) is 17.6. The van der Waals surface area contributed by atoms with Gasteiger partial charge in [-0.05, 0) is 140 Å². The lowest BCUT2D eigenvalue weighted by Crippen LogP contribution is -2.29. The Balaban J connectivity index is 0.895. The summed E-state index contributed by atoms with van der Waals surface area (Å²) in [5.41, 5.74) is 5.70. The van der Waals surface area contributed by atoms with Crippen molar-refractivity contribution in [3.05, 3.63) is 204 Å². The molecular weight excluding hydrogens is 879 g/mol. The highest BCUT2D eigenvalue weighted by molar-refractivity contribution is 5.96. The number of carbonyl (C=O) groups is 1. The predicted octanol–water partition coefficient (Wildman–Crippen LogP) is 11.7. The van der Waals surface area contributed by atoms with Gasteiger partial charge >= 0.3 is 6.03 Å². The topological polar surface area (TPSA) is 147 Å². The largest absolute Gasteiger partial charge is 0.508 e. The molecule has 7 aromatic carbocycles. The smallest absolute Gasteiger partial charge is 0.322 e.